The van der Waals surface area contributed by atoms with Crippen LogP contribution in [0.3, 0.4) is 0 Å². The lowest BCUT2D eigenvalue weighted by atomic mass is 10.4. The van der Waals surface area contributed by atoms with Crippen molar-refractivity contribution in [3.05, 3.63) is 12.2 Å². The number of amides is 2. The number of nitrogens with zero attached hydrogens (tertiary/aromatic N) is 1. The van der Waals surface area contributed by atoms with Crippen molar-refractivity contribution in [3.8, 4) is 6.07 Å². The van der Waals surface area contributed by atoms with Crippen molar-refractivity contribution < 1.29 is 9.59 Å². The quantitative estimate of drug-likeness (QED) is 0.280. The van der Waals surface area contributed by atoms with Crippen LogP contribution in [0.1, 0.15) is 13.3 Å². The van der Waals surface area contributed by atoms with Gasteiger partial charge in [0.25, 0.3) is 0 Å². The minimum atomic E-state index is -0.771. The highest BCUT2D eigenvalue weighted by atomic mass is 16.2. The van der Waals surface area contributed by atoms with Crippen LogP contribution in [-0.4, -0.2) is 24.9 Å². The van der Waals surface area contributed by atoms with E-state index in [1.165, 1.54) is 0 Å². The Morgan fingerprint density at radius 3 is 2.57 bits per heavy atom. The van der Waals surface area contributed by atoms with Crippen molar-refractivity contribution in [2.45, 2.75) is 13.3 Å². The molecule has 0 saturated carbocycles. The van der Waals surface area contributed by atoms with Gasteiger partial charge in [-0.2, -0.15) is 5.26 Å². The van der Waals surface area contributed by atoms with E-state index in [-0.39, 0.29) is 6.54 Å². The van der Waals surface area contributed by atoms with Crippen LogP contribution in [-0.2, 0) is 9.59 Å². The van der Waals surface area contributed by atoms with E-state index in [0.717, 1.165) is 0 Å². The molecule has 5 nitrogen and oxygen atoms in total. The Morgan fingerprint density at radius 2 is 2.00 bits per heavy atom. The molecule has 0 atom stereocenters. The van der Waals surface area contributed by atoms with Gasteiger partial charge in [0.05, 0.1) is 6.07 Å². The van der Waals surface area contributed by atoms with E-state index in [0.29, 0.717) is 13.0 Å². The summed E-state index contributed by atoms with van der Waals surface area (Å²) in [6.45, 7) is 2.14. The molecule has 5 heteroatoms. The number of nitrogens with one attached hydrogen (secondary N) is 2. The first-order chi connectivity index (χ1) is 6.72. The summed E-state index contributed by atoms with van der Waals surface area (Å²) in [4.78, 5) is 21.8. The van der Waals surface area contributed by atoms with Crippen molar-refractivity contribution in [2.75, 3.05) is 13.1 Å². The molecule has 0 aliphatic rings. The highest BCUT2D eigenvalue weighted by molar-refractivity contribution is 6.35. The van der Waals surface area contributed by atoms with Gasteiger partial charge in [-0.05, 0) is 13.3 Å². The molecular formula is C9H13N3O2. The minimum Gasteiger partial charge on any atom is -0.348 e. The van der Waals surface area contributed by atoms with Crippen molar-refractivity contribution in [2.24, 2.45) is 0 Å². The molecule has 0 saturated heterocycles. The Labute approximate surface area is 82.8 Å². The van der Waals surface area contributed by atoms with Gasteiger partial charge in [0.2, 0.25) is 0 Å². The summed E-state index contributed by atoms with van der Waals surface area (Å²) < 4.78 is 0. The van der Waals surface area contributed by atoms with Gasteiger partial charge in [-0.1, -0.05) is 12.2 Å². The zero-order valence-corrected chi connectivity index (χ0v) is 8.04. The molecule has 0 aromatic heterocycles. The maximum atomic E-state index is 11.0. The lowest BCUT2D eigenvalue weighted by Gasteiger charge is -2.01. The fourth-order valence-electron chi connectivity index (χ4n) is 0.716. The third kappa shape index (κ3) is 5.77. The van der Waals surface area contributed by atoms with Gasteiger partial charge in [0, 0.05) is 6.54 Å². The zero-order valence-electron chi connectivity index (χ0n) is 8.04. The normalized spacial score (nSPS) is 9.43. The topological polar surface area (TPSA) is 82.0 Å². The molecule has 0 spiro atoms. The Hall–Kier alpha value is -1.83. The summed E-state index contributed by atoms with van der Waals surface area (Å²) in [6.07, 6.45) is 4.43. The predicted molar refractivity (Wildman–Crippen MR) is 51.1 cm³/mol. The standard InChI is InChI=1S/C9H13N3O2/c1-2-3-4-6-11-8(13)9(14)12-7-5-10/h2-3H,4,6-7H2,1H3,(H,11,13)(H,12,14)/b3-2+. The second-order valence-electron chi connectivity index (χ2n) is 2.45. The molecule has 76 valence electrons. The van der Waals surface area contributed by atoms with E-state index in [1.54, 1.807) is 6.07 Å². The Bertz CT molecular complexity index is 266. The van der Waals surface area contributed by atoms with Crippen LogP contribution in [0.15, 0.2) is 12.2 Å². The van der Waals surface area contributed by atoms with Crippen LogP contribution in [0.4, 0.5) is 0 Å². The van der Waals surface area contributed by atoms with E-state index in [4.69, 9.17) is 5.26 Å². The van der Waals surface area contributed by atoms with Crippen LogP contribution >= 0.6 is 0 Å². The summed E-state index contributed by atoms with van der Waals surface area (Å²) in [5.74, 6) is -1.48. The van der Waals surface area contributed by atoms with E-state index in [2.05, 4.69) is 10.6 Å². The number of hydrogen-bond donors (Lipinski definition) is 2. The maximum Gasteiger partial charge on any atom is 0.310 e. The molecule has 2 amide bonds. The van der Waals surface area contributed by atoms with Gasteiger partial charge in [-0.3, -0.25) is 9.59 Å². The third-order valence-corrected chi connectivity index (χ3v) is 1.37. The van der Waals surface area contributed by atoms with Gasteiger partial charge in [-0.15, -0.1) is 0 Å². The van der Waals surface area contributed by atoms with Gasteiger partial charge >= 0.3 is 11.8 Å². The largest absolute Gasteiger partial charge is 0.348 e. The van der Waals surface area contributed by atoms with Crippen LogP contribution in [0.5, 0.6) is 0 Å². The monoisotopic (exact) mass is 195 g/mol. The summed E-state index contributed by atoms with van der Waals surface area (Å²) >= 11 is 0. The number of allylic oxidation sites excluding steroid dienone is 1. The van der Waals surface area contributed by atoms with Crippen molar-refractivity contribution in [1.29, 1.82) is 5.26 Å². The second kappa shape index (κ2) is 7.80. The fourth-order valence-corrected chi connectivity index (χ4v) is 0.716. The van der Waals surface area contributed by atoms with Crippen LogP contribution in [0, 0.1) is 11.3 Å². The first-order valence-corrected chi connectivity index (χ1v) is 4.26. The smallest absolute Gasteiger partial charge is 0.310 e. The molecular weight excluding hydrogens is 182 g/mol. The number of rotatable bonds is 4. The summed E-state index contributed by atoms with van der Waals surface area (Å²) in [5, 5.41) is 12.7. The summed E-state index contributed by atoms with van der Waals surface area (Å²) in [5.41, 5.74) is 0. The second-order valence-corrected chi connectivity index (χ2v) is 2.45. The molecule has 0 aromatic rings. The molecule has 0 aromatic carbocycles. The van der Waals surface area contributed by atoms with Gasteiger partial charge < -0.3 is 10.6 Å². The van der Waals surface area contributed by atoms with Crippen LogP contribution < -0.4 is 10.6 Å². The molecule has 0 heterocycles. The highest BCUT2D eigenvalue weighted by Gasteiger charge is 2.10. The van der Waals surface area contributed by atoms with Crippen molar-refractivity contribution in [1.82, 2.24) is 10.6 Å². The molecule has 0 bridgehead atoms. The van der Waals surface area contributed by atoms with Gasteiger partial charge in [0.15, 0.2) is 0 Å². The lowest BCUT2D eigenvalue weighted by molar-refractivity contribution is -0.139. The first-order valence-electron chi connectivity index (χ1n) is 4.26. The summed E-state index contributed by atoms with van der Waals surface area (Å²) in [7, 11) is 0. The zero-order chi connectivity index (χ0) is 10.8. The number of carbonyl (C=O) groups excluding carboxylic acids is 2. The molecule has 2 N–H and O–H groups in total. The van der Waals surface area contributed by atoms with Crippen molar-refractivity contribution in [3.63, 3.8) is 0 Å². The fraction of sp³-hybridized carbons (Fsp3) is 0.444. The van der Waals surface area contributed by atoms with Crippen LogP contribution in [0.2, 0.25) is 0 Å². The van der Waals surface area contributed by atoms with E-state index >= 15 is 0 Å². The van der Waals surface area contributed by atoms with Gasteiger partial charge in [0.1, 0.15) is 6.54 Å². The van der Waals surface area contributed by atoms with Crippen LogP contribution in [0.25, 0.3) is 0 Å². The SMILES string of the molecule is C/C=C/CCNC(=O)C(=O)NCC#N. The third-order valence-electron chi connectivity index (χ3n) is 1.37. The Kier molecular flexibility index (Phi) is 6.78. The minimum absolute atomic E-state index is 0.152. The number of hydrogen-bond acceptors (Lipinski definition) is 3. The molecule has 0 aliphatic carbocycles. The molecule has 0 rings (SSSR count). The van der Waals surface area contributed by atoms with Gasteiger partial charge in [-0.25, -0.2) is 0 Å². The Morgan fingerprint density at radius 1 is 1.36 bits per heavy atom. The highest BCUT2D eigenvalue weighted by Crippen LogP contribution is 1.79. The first kappa shape index (κ1) is 12.2. The van der Waals surface area contributed by atoms with E-state index < -0.39 is 11.8 Å². The summed E-state index contributed by atoms with van der Waals surface area (Å²) in [6, 6.07) is 1.71. The molecule has 0 fully saturated rings. The van der Waals surface area contributed by atoms with Crippen molar-refractivity contribution >= 4 is 11.8 Å². The van der Waals surface area contributed by atoms with E-state index in [9.17, 15) is 9.59 Å². The molecule has 0 radical (unpaired) electrons. The average molecular weight is 195 g/mol. The molecule has 0 unspecified atom stereocenters. The number of carbonyl (C=O) groups is 2. The lowest BCUT2D eigenvalue weighted by Crippen LogP contribution is -2.40. The predicted octanol–water partition coefficient (Wildman–Crippen LogP) is -0.291. The maximum absolute atomic E-state index is 11.0. The van der Waals surface area contributed by atoms with E-state index in [1.807, 2.05) is 19.1 Å². The molecule has 0 aliphatic heterocycles. The average Bonchev–Trinajstić information content (AvgIpc) is 2.20. The number of nitriles is 1. The molecule has 14 heavy (non-hydrogen) atoms. The Balaban J connectivity index is 3.63.